The molecule has 1 fully saturated rings. The number of carbonyl (C=O) groups excluding carboxylic acids is 1. The second-order valence-corrected chi connectivity index (χ2v) is 5.41. The average molecular weight is 340 g/mol. The van der Waals surface area contributed by atoms with Crippen LogP contribution in [0.25, 0.3) is 0 Å². The number of halogens is 1. The zero-order valence-corrected chi connectivity index (χ0v) is 12.1. The van der Waals surface area contributed by atoms with Crippen molar-refractivity contribution in [2.24, 2.45) is 11.7 Å². The molecule has 94 valence electrons. The molecule has 1 aliphatic carbocycles. The SMILES string of the molecule is CC(C)[C@H](N)C(=O)O[C@H]1CC[C@H](NI)CC1. The first-order valence-corrected chi connectivity index (χ1v) is 6.94. The minimum absolute atomic E-state index is 0.0679. The fourth-order valence-electron chi connectivity index (χ4n) is 1.80. The zero-order chi connectivity index (χ0) is 12.1. The van der Waals surface area contributed by atoms with Crippen LogP contribution in [-0.4, -0.2) is 24.2 Å². The molecule has 0 aromatic carbocycles. The van der Waals surface area contributed by atoms with E-state index in [0.29, 0.717) is 6.04 Å². The van der Waals surface area contributed by atoms with Gasteiger partial charge in [-0.15, -0.1) is 0 Å². The van der Waals surface area contributed by atoms with Crippen LogP contribution in [0.3, 0.4) is 0 Å². The van der Waals surface area contributed by atoms with E-state index in [1.807, 2.05) is 13.8 Å². The lowest BCUT2D eigenvalue weighted by Crippen LogP contribution is -2.40. The van der Waals surface area contributed by atoms with Gasteiger partial charge in [0.2, 0.25) is 0 Å². The summed E-state index contributed by atoms with van der Waals surface area (Å²) in [7, 11) is 0. The van der Waals surface area contributed by atoms with Crippen molar-refractivity contribution in [3.63, 3.8) is 0 Å². The molecular weight excluding hydrogens is 319 g/mol. The molecule has 0 amide bonds. The average Bonchev–Trinajstić information content (AvgIpc) is 2.28. The van der Waals surface area contributed by atoms with E-state index in [1.54, 1.807) is 0 Å². The highest BCUT2D eigenvalue weighted by Gasteiger charge is 2.26. The lowest BCUT2D eigenvalue weighted by atomic mass is 9.93. The number of hydrogen-bond donors (Lipinski definition) is 2. The van der Waals surface area contributed by atoms with Gasteiger partial charge < -0.3 is 10.5 Å². The molecule has 1 atom stereocenters. The first-order valence-electron chi connectivity index (χ1n) is 5.86. The number of rotatable bonds is 4. The molecule has 1 saturated carbocycles. The van der Waals surface area contributed by atoms with Crippen LogP contribution in [0.1, 0.15) is 39.5 Å². The zero-order valence-electron chi connectivity index (χ0n) is 9.91. The Hall–Kier alpha value is 0.120. The molecular formula is C11H21IN2O2. The van der Waals surface area contributed by atoms with Gasteiger partial charge in [-0.05, 0) is 31.6 Å². The Morgan fingerprint density at radius 2 is 1.94 bits per heavy atom. The molecule has 0 heterocycles. The van der Waals surface area contributed by atoms with Crippen molar-refractivity contribution < 1.29 is 9.53 Å². The molecule has 0 unspecified atom stereocenters. The van der Waals surface area contributed by atoms with Crippen molar-refractivity contribution in [2.45, 2.75) is 57.7 Å². The fourth-order valence-corrected chi connectivity index (χ4v) is 2.43. The summed E-state index contributed by atoms with van der Waals surface area (Å²) in [5, 5.41) is 0. The van der Waals surface area contributed by atoms with Crippen LogP contribution in [0.5, 0.6) is 0 Å². The van der Waals surface area contributed by atoms with Gasteiger partial charge in [0.05, 0.1) is 0 Å². The second kappa shape index (κ2) is 6.76. The summed E-state index contributed by atoms with van der Waals surface area (Å²) in [5.41, 5.74) is 5.74. The van der Waals surface area contributed by atoms with Gasteiger partial charge in [0.25, 0.3) is 0 Å². The first-order chi connectivity index (χ1) is 7.54. The fraction of sp³-hybridized carbons (Fsp3) is 0.909. The van der Waals surface area contributed by atoms with Crippen molar-refractivity contribution in [1.29, 1.82) is 0 Å². The lowest BCUT2D eigenvalue weighted by molar-refractivity contribution is -0.153. The second-order valence-electron chi connectivity index (χ2n) is 4.79. The lowest BCUT2D eigenvalue weighted by Gasteiger charge is -2.28. The molecule has 1 rings (SSSR count). The minimum atomic E-state index is -0.486. The summed E-state index contributed by atoms with van der Waals surface area (Å²) in [4.78, 5) is 11.6. The standard InChI is InChI=1S/C11H21IN2O2/c1-7(2)10(13)11(15)16-9-5-3-8(14-12)4-6-9/h7-10,14H,3-6,13H2,1-2H3/t8-,9-,10-/m0/s1. The van der Waals surface area contributed by atoms with Crippen LogP contribution in [0, 0.1) is 5.92 Å². The van der Waals surface area contributed by atoms with Crippen molar-refractivity contribution in [1.82, 2.24) is 3.53 Å². The van der Waals surface area contributed by atoms with Crippen molar-refractivity contribution in [3.8, 4) is 0 Å². The summed E-state index contributed by atoms with van der Waals surface area (Å²) >= 11 is 2.18. The molecule has 0 aromatic heterocycles. The van der Waals surface area contributed by atoms with E-state index in [0.717, 1.165) is 25.7 Å². The third-order valence-corrected chi connectivity index (χ3v) is 3.98. The topological polar surface area (TPSA) is 64.4 Å². The van der Waals surface area contributed by atoms with E-state index in [9.17, 15) is 4.79 Å². The van der Waals surface area contributed by atoms with Crippen LogP contribution in [-0.2, 0) is 9.53 Å². The van der Waals surface area contributed by atoms with Crippen molar-refractivity contribution >= 4 is 28.8 Å². The number of nitrogens with one attached hydrogen (secondary N) is 1. The van der Waals surface area contributed by atoms with Crippen molar-refractivity contribution in [3.05, 3.63) is 0 Å². The number of nitrogens with two attached hydrogens (primary N) is 1. The Bertz CT molecular complexity index is 228. The predicted octanol–water partition coefficient (Wildman–Crippen LogP) is 1.76. The summed E-state index contributed by atoms with van der Waals surface area (Å²) in [5.74, 6) is -0.110. The van der Waals surface area contributed by atoms with Gasteiger partial charge in [-0.2, -0.15) is 0 Å². The number of esters is 1. The number of hydrogen-bond acceptors (Lipinski definition) is 4. The molecule has 0 aliphatic heterocycles. The van der Waals surface area contributed by atoms with Crippen molar-refractivity contribution in [2.75, 3.05) is 0 Å². The Labute approximate surface area is 111 Å². The largest absolute Gasteiger partial charge is 0.461 e. The summed E-state index contributed by atoms with van der Waals surface area (Å²) in [6.45, 7) is 3.87. The van der Waals surface area contributed by atoms with E-state index in [2.05, 4.69) is 26.4 Å². The van der Waals surface area contributed by atoms with Crippen LogP contribution in [0.15, 0.2) is 0 Å². The molecule has 0 saturated heterocycles. The maximum atomic E-state index is 11.6. The highest BCUT2D eigenvalue weighted by Crippen LogP contribution is 2.22. The molecule has 3 N–H and O–H groups in total. The van der Waals surface area contributed by atoms with Gasteiger partial charge in [-0.3, -0.25) is 8.32 Å². The van der Waals surface area contributed by atoms with Gasteiger partial charge in [-0.25, -0.2) is 0 Å². The maximum Gasteiger partial charge on any atom is 0.323 e. The molecule has 16 heavy (non-hydrogen) atoms. The molecule has 1 aliphatic rings. The van der Waals surface area contributed by atoms with Gasteiger partial charge in [0.15, 0.2) is 0 Å². The summed E-state index contributed by atoms with van der Waals surface area (Å²) in [6.07, 6.45) is 4.09. The molecule has 0 aromatic rings. The Balaban J connectivity index is 2.31. The highest BCUT2D eigenvalue weighted by molar-refractivity contribution is 14.1. The van der Waals surface area contributed by atoms with Crippen LogP contribution in [0.4, 0.5) is 0 Å². The predicted molar refractivity (Wildman–Crippen MR) is 72.1 cm³/mol. The number of carbonyl (C=O) groups is 1. The highest BCUT2D eigenvalue weighted by atomic mass is 127. The summed E-state index contributed by atoms with van der Waals surface area (Å²) in [6, 6.07) is 0.0785. The smallest absolute Gasteiger partial charge is 0.323 e. The Morgan fingerprint density at radius 1 is 1.38 bits per heavy atom. The minimum Gasteiger partial charge on any atom is -0.461 e. The third kappa shape index (κ3) is 4.18. The first kappa shape index (κ1) is 14.2. The van der Waals surface area contributed by atoms with E-state index in [1.165, 1.54) is 0 Å². The molecule has 5 heteroatoms. The third-order valence-electron chi connectivity index (χ3n) is 3.10. The van der Waals surface area contributed by atoms with Gasteiger partial charge in [0, 0.05) is 28.9 Å². The monoisotopic (exact) mass is 340 g/mol. The van der Waals surface area contributed by atoms with E-state index in [-0.39, 0.29) is 18.0 Å². The van der Waals surface area contributed by atoms with Crippen LogP contribution < -0.4 is 9.26 Å². The molecule has 0 radical (unpaired) electrons. The number of ether oxygens (including phenoxy) is 1. The van der Waals surface area contributed by atoms with E-state index in [4.69, 9.17) is 10.5 Å². The maximum absolute atomic E-state index is 11.6. The quantitative estimate of drug-likeness (QED) is 0.465. The Kier molecular flexibility index (Phi) is 5.99. The van der Waals surface area contributed by atoms with Gasteiger partial charge in [-0.1, -0.05) is 13.8 Å². The van der Waals surface area contributed by atoms with Crippen LogP contribution in [0.2, 0.25) is 0 Å². The normalized spacial score (nSPS) is 27.8. The van der Waals surface area contributed by atoms with Crippen LogP contribution >= 0.6 is 22.9 Å². The van der Waals surface area contributed by atoms with E-state index >= 15 is 0 Å². The van der Waals surface area contributed by atoms with Gasteiger partial charge in [0.1, 0.15) is 12.1 Å². The Morgan fingerprint density at radius 3 is 2.38 bits per heavy atom. The van der Waals surface area contributed by atoms with E-state index < -0.39 is 6.04 Å². The molecule has 0 bridgehead atoms. The summed E-state index contributed by atoms with van der Waals surface area (Å²) < 4.78 is 8.64. The molecule has 0 spiro atoms. The van der Waals surface area contributed by atoms with Gasteiger partial charge >= 0.3 is 5.97 Å². The molecule has 4 nitrogen and oxygen atoms in total.